The highest BCUT2D eigenvalue weighted by molar-refractivity contribution is 6.06. The van der Waals surface area contributed by atoms with Crippen LogP contribution in [0.3, 0.4) is 0 Å². The van der Waals surface area contributed by atoms with Gasteiger partial charge in [-0.1, -0.05) is 0 Å². The maximum Gasteiger partial charge on any atom is 0.278 e. The van der Waals surface area contributed by atoms with Crippen LogP contribution < -0.4 is 20.5 Å². The third-order valence-corrected chi connectivity index (χ3v) is 3.21. The summed E-state index contributed by atoms with van der Waals surface area (Å²) >= 11 is 0. The molecule has 1 aromatic heterocycles. The number of hydrogen-bond acceptors (Lipinski definition) is 5. The lowest BCUT2D eigenvalue weighted by atomic mass is 10.2. The summed E-state index contributed by atoms with van der Waals surface area (Å²) in [5.74, 6) is 0.934. The van der Waals surface area contributed by atoms with Crippen LogP contribution in [-0.2, 0) is 0 Å². The number of rotatable bonds is 2. The van der Waals surface area contributed by atoms with Gasteiger partial charge in [-0.2, -0.15) is 5.10 Å². The van der Waals surface area contributed by atoms with Crippen LogP contribution in [0.5, 0.6) is 11.5 Å². The summed E-state index contributed by atoms with van der Waals surface area (Å²) in [5.41, 5.74) is 7.59. The number of nitrogen functional groups attached to an aromatic ring is 1. The Hall–Kier alpha value is -2.70. The first-order chi connectivity index (χ1) is 10.1. The van der Waals surface area contributed by atoms with Crippen molar-refractivity contribution in [1.82, 2.24) is 10.2 Å². The summed E-state index contributed by atoms with van der Waals surface area (Å²) in [7, 11) is 0. The monoisotopic (exact) mass is 288 g/mol. The molecule has 0 unspecified atom stereocenters. The van der Waals surface area contributed by atoms with E-state index >= 15 is 0 Å². The van der Waals surface area contributed by atoms with Crippen LogP contribution >= 0.6 is 0 Å². The van der Waals surface area contributed by atoms with Crippen molar-refractivity contribution < 1.29 is 14.3 Å². The molecule has 1 aliphatic heterocycles. The molecule has 4 N–H and O–H groups in total. The van der Waals surface area contributed by atoms with Gasteiger partial charge in [0, 0.05) is 18.2 Å². The number of nitrogens with two attached hydrogens (primary N) is 1. The van der Waals surface area contributed by atoms with Crippen molar-refractivity contribution in [1.29, 1.82) is 0 Å². The number of carbonyl (C=O) groups is 1. The summed E-state index contributed by atoms with van der Waals surface area (Å²) in [6.45, 7) is 2.98. The maximum absolute atomic E-state index is 12.1. The van der Waals surface area contributed by atoms with Crippen LogP contribution in [0, 0.1) is 6.92 Å². The lowest BCUT2D eigenvalue weighted by Crippen LogP contribution is -2.14. The van der Waals surface area contributed by atoms with Gasteiger partial charge in [-0.15, -0.1) is 0 Å². The Morgan fingerprint density at radius 1 is 1.33 bits per heavy atom. The van der Waals surface area contributed by atoms with Gasteiger partial charge in [0.05, 0.1) is 24.6 Å². The number of nitrogens with zero attached hydrogens (tertiary/aromatic N) is 1. The number of amides is 1. The van der Waals surface area contributed by atoms with Crippen LogP contribution in [0.15, 0.2) is 18.2 Å². The van der Waals surface area contributed by atoms with Crippen LogP contribution in [0.1, 0.15) is 22.6 Å². The third-order valence-electron chi connectivity index (χ3n) is 3.21. The van der Waals surface area contributed by atoms with Crippen molar-refractivity contribution in [2.75, 3.05) is 24.3 Å². The molecule has 7 heteroatoms. The standard InChI is InChI=1S/C14H16N4O3/c1-8-12(15)13(18-17-8)14(19)16-9-3-4-10-11(7-9)21-6-2-5-20-10/h3-4,7H,2,5-6,15H2,1H3,(H,16,19)(H,17,18). The molecular formula is C14H16N4O3. The highest BCUT2D eigenvalue weighted by Gasteiger charge is 2.17. The Morgan fingerprint density at radius 3 is 2.81 bits per heavy atom. The van der Waals surface area contributed by atoms with E-state index in [0.717, 1.165) is 6.42 Å². The molecule has 0 atom stereocenters. The van der Waals surface area contributed by atoms with E-state index in [9.17, 15) is 4.79 Å². The summed E-state index contributed by atoms with van der Waals surface area (Å²) in [4.78, 5) is 12.1. The number of aryl methyl sites for hydroxylation is 1. The van der Waals surface area contributed by atoms with Crippen LogP contribution in [-0.4, -0.2) is 29.3 Å². The van der Waals surface area contributed by atoms with Gasteiger partial charge in [-0.05, 0) is 19.1 Å². The SMILES string of the molecule is Cc1[nH]nc(C(=O)Nc2ccc3c(c2)OCCCO3)c1N. The molecule has 0 bridgehead atoms. The first-order valence-corrected chi connectivity index (χ1v) is 6.66. The Morgan fingerprint density at radius 2 is 2.10 bits per heavy atom. The highest BCUT2D eigenvalue weighted by atomic mass is 16.5. The van der Waals surface area contributed by atoms with Crippen molar-refractivity contribution >= 4 is 17.3 Å². The van der Waals surface area contributed by atoms with Gasteiger partial charge >= 0.3 is 0 Å². The molecule has 0 aliphatic carbocycles. The van der Waals surface area contributed by atoms with Gasteiger partial charge in [0.1, 0.15) is 0 Å². The zero-order valence-corrected chi connectivity index (χ0v) is 11.6. The molecule has 1 aromatic carbocycles. The number of aromatic amines is 1. The first-order valence-electron chi connectivity index (χ1n) is 6.66. The highest BCUT2D eigenvalue weighted by Crippen LogP contribution is 2.32. The molecule has 21 heavy (non-hydrogen) atoms. The Labute approximate surface area is 121 Å². The van der Waals surface area contributed by atoms with E-state index in [1.54, 1.807) is 25.1 Å². The summed E-state index contributed by atoms with van der Waals surface area (Å²) in [6, 6.07) is 5.25. The molecule has 0 fully saturated rings. The molecule has 0 saturated heterocycles. The number of carbonyl (C=O) groups excluding carboxylic acids is 1. The van der Waals surface area contributed by atoms with E-state index in [1.807, 2.05) is 0 Å². The van der Waals surface area contributed by atoms with E-state index < -0.39 is 0 Å². The van der Waals surface area contributed by atoms with Crippen molar-refractivity contribution in [2.24, 2.45) is 0 Å². The molecule has 7 nitrogen and oxygen atoms in total. The fourth-order valence-corrected chi connectivity index (χ4v) is 2.04. The number of H-pyrrole nitrogens is 1. The van der Waals surface area contributed by atoms with Crippen molar-refractivity contribution in [2.45, 2.75) is 13.3 Å². The second-order valence-corrected chi connectivity index (χ2v) is 4.78. The van der Waals surface area contributed by atoms with Crippen molar-refractivity contribution in [3.05, 3.63) is 29.6 Å². The maximum atomic E-state index is 12.1. The quantitative estimate of drug-likeness (QED) is 0.780. The Bertz CT molecular complexity index is 681. The molecule has 0 radical (unpaired) electrons. The van der Waals surface area contributed by atoms with E-state index in [2.05, 4.69) is 15.5 Å². The first kappa shape index (κ1) is 13.3. The smallest absolute Gasteiger partial charge is 0.278 e. The van der Waals surface area contributed by atoms with Crippen LogP contribution in [0.4, 0.5) is 11.4 Å². The minimum Gasteiger partial charge on any atom is -0.490 e. The number of hydrogen-bond donors (Lipinski definition) is 3. The predicted octanol–water partition coefficient (Wildman–Crippen LogP) is 1.71. The second-order valence-electron chi connectivity index (χ2n) is 4.78. The fraction of sp³-hybridized carbons (Fsp3) is 0.286. The zero-order chi connectivity index (χ0) is 14.8. The van der Waals surface area contributed by atoms with E-state index in [-0.39, 0.29) is 11.6 Å². The average molecular weight is 288 g/mol. The van der Waals surface area contributed by atoms with Gasteiger partial charge in [-0.25, -0.2) is 0 Å². The van der Waals surface area contributed by atoms with Crippen molar-refractivity contribution in [3.63, 3.8) is 0 Å². The largest absolute Gasteiger partial charge is 0.490 e. The lowest BCUT2D eigenvalue weighted by Gasteiger charge is -2.10. The number of aromatic nitrogens is 2. The van der Waals surface area contributed by atoms with Crippen LogP contribution in [0.25, 0.3) is 0 Å². The molecular weight excluding hydrogens is 272 g/mol. The van der Waals surface area contributed by atoms with Gasteiger partial charge in [0.2, 0.25) is 0 Å². The predicted molar refractivity (Wildman–Crippen MR) is 77.7 cm³/mol. The Kier molecular flexibility index (Phi) is 3.39. The average Bonchev–Trinajstić information content (AvgIpc) is 2.68. The number of ether oxygens (including phenoxy) is 2. The Balaban J connectivity index is 1.80. The lowest BCUT2D eigenvalue weighted by molar-refractivity contribution is 0.102. The topological polar surface area (TPSA) is 102 Å². The molecule has 2 aromatic rings. The number of nitrogens with one attached hydrogen (secondary N) is 2. The number of fused-ring (bicyclic) bond motifs is 1. The third kappa shape index (κ3) is 2.62. The minimum absolute atomic E-state index is 0.180. The van der Waals surface area contributed by atoms with Gasteiger partial charge in [-0.3, -0.25) is 9.89 Å². The summed E-state index contributed by atoms with van der Waals surface area (Å²) < 4.78 is 11.1. The summed E-state index contributed by atoms with van der Waals surface area (Å²) in [5, 5.41) is 9.32. The van der Waals surface area contributed by atoms with Crippen molar-refractivity contribution in [3.8, 4) is 11.5 Å². The molecule has 0 saturated carbocycles. The molecule has 2 heterocycles. The zero-order valence-electron chi connectivity index (χ0n) is 11.6. The van der Waals surface area contributed by atoms with Gasteiger partial charge in [0.15, 0.2) is 17.2 Å². The molecule has 1 amide bonds. The molecule has 110 valence electrons. The molecule has 0 spiro atoms. The fourth-order valence-electron chi connectivity index (χ4n) is 2.04. The number of anilines is 2. The second kappa shape index (κ2) is 5.35. The molecule has 3 rings (SSSR count). The van der Waals surface area contributed by atoms with E-state index in [1.165, 1.54) is 0 Å². The van der Waals surface area contributed by atoms with E-state index in [4.69, 9.17) is 15.2 Å². The number of benzene rings is 1. The minimum atomic E-state index is -0.369. The normalized spacial score (nSPS) is 13.6. The molecule has 1 aliphatic rings. The summed E-state index contributed by atoms with van der Waals surface area (Å²) in [6.07, 6.45) is 0.833. The van der Waals surface area contributed by atoms with Gasteiger partial charge in [0.25, 0.3) is 5.91 Å². The van der Waals surface area contributed by atoms with Crippen LogP contribution in [0.2, 0.25) is 0 Å². The van der Waals surface area contributed by atoms with Gasteiger partial charge < -0.3 is 20.5 Å². The van der Waals surface area contributed by atoms with E-state index in [0.29, 0.717) is 41.8 Å².